The number of aliphatic hydroxyl groups is 1. The van der Waals surface area contributed by atoms with Crippen molar-refractivity contribution in [3.63, 3.8) is 0 Å². The first kappa shape index (κ1) is 12.3. The molecule has 0 aliphatic rings. The van der Waals surface area contributed by atoms with E-state index in [0.717, 1.165) is 0 Å². The Morgan fingerprint density at radius 3 is 2.85 bits per heavy atom. The fourth-order valence-electron chi connectivity index (χ4n) is 0.654. The van der Waals surface area contributed by atoms with Crippen molar-refractivity contribution < 1.29 is 9.90 Å². The zero-order chi connectivity index (χ0) is 10.3. The summed E-state index contributed by atoms with van der Waals surface area (Å²) in [4.78, 5) is 12.8. The van der Waals surface area contributed by atoms with Gasteiger partial charge in [0.15, 0.2) is 0 Å². The smallest absolute Gasteiger partial charge is 0.232 e. The minimum Gasteiger partial charge on any atom is -0.394 e. The molecule has 0 aliphatic heterocycles. The fraction of sp³-hybridized carbons (Fsp3) is 0.750. The minimum atomic E-state index is -0.157. The summed E-state index contributed by atoms with van der Waals surface area (Å²) in [5.41, 5.74) is 0. The Labute approximate surface area is 82.5 Å². The topological polar surface area (TPSA) is 64.3 Å². The van der Waals surface area contributed by atoms with Gasteiger partial charge in [-0.25, -0.2) is 0 Å². The highest BCUT2D eigenvalue weighted by molar-refractivity contribution is 8.00. The molecule has 0 aromatic rings. The van der Waals surface area contributed by atoms with Gasteiger partial charge < -0.3 is 10.0 Å². The molecule has 5 heteroatoms. The van der Waals surface area contributed by atoms with Crippen molar-refractivity contribution in [1.82, 2.24) is 4.90 Å². The van der Waals surface area contributed by atoms with Gasteiger partial charge >= 0.3 is 0 Å². The maximum atomic E-state index is 11.3. The van der Waals surface area contributed by atoms with Crippen molar-refractivity contribution in [2.24, 2.45) is 0 Å². The van der Waals surface area contributed by atoms with Crippen molar-refractivity contribution in [2.75, 3.05) is 25.2 Å². The molecule has 4 nitrogen and oxygen atoms in total. The molecule has 0 aromatic carbocycles. The monoisotopic (exact) mass is 202 g/mol. The second-order valence-electron chi connectivity index (χ2n) is 2.69. The molecule has 1 atom stereocenters. The Balaban J connectivity index is 3.77. The van der Waals surface area contributed by atoms with Crippen molar-refractivity contribution in [3.8, 4) is 6.07 Å². The summed E-state index contributed by atoms with van der Waals surface area (Å²) < 4.78 is 0. The average molecular weight is 202 g/mol. The molecule has 74 valence electrons. The van der Waals surface area contributed by atoms with Gasteiger partial charge in [0, 0.05) is 7.05 Å². The molecular formula is C8H14N2O2S. The van der Waals surface area contributed by atoms with E-state index in [1.807, 2.05) is 6.07 Å². The van der Waals surface area contributed by atoms with Gasteiger partial charge in [-0.05, 0) is 6.92 Å². The van der Waals surface area contributed by atoms with Gasteiger partial charge in [-0.15, -0.1) is 11.8 Å². The number of hydrogen-bond acceptors (Lipinski definition) is 4. The molecule has 0 heterocycles. The third-order valence-electron chi connectivity index (χ3n) is 1.71. The molecule has 0 saturated carbocycles. The lowest BCUT2D eigenvalue weighted by Crippen LogP contribution is -2.38. The van der Waals surface area contributed by atoms with Crippen LogP contribution in [0, 0.1) is 11.3 Å². The third-order valence-corrected chi connectivity index (χ3v) is 2.50. The van der Waals surface area contributed by atoms with Crippen LogP contribution in [0.25, 0.3) is 0 Å². The zero-order valence-electron chi connectivity index (χ0n) is 7.86. The Morgan fingerprint density at radius 1 is 1.77 bits per heavy atom. The molecular weight excluding hydrogens is 188 g/mol. The predicted molar refractivity (Wildman–Crippen MR) is 52.3 cm³/mol. The quantitative estimate of drug-likeness (QED) is 0.641. The molecule has 0 fully saturated rings. The van der Waals surface area contributed by atoms with E-state index in [1.165, 1.54) is 16.7 Å². The summed E-state index contributed by atoms with van der Waals surface area (Å²) in [7, 11) is 1.65. The summed E-state index contributed by atoms with van der Waals surface area (Å²) in [6.07, 6.45) is 0. The summed E-state index contributed by atoms with van der Waals surface area (Å²) in [6, 6.07) is 1.79. The van der Waals surface area contributed by atoms with E-state index in [1.54, 1.807) is 14.0 Å². The van der Waals surface area contributed by atoms with Gasteiger partial charge in [0.25, 0.3) is 0 Å². The molecule has 1 unspecified atom stereocenters. The van der Waals surface area contributed by atoms with Crippen LogP contribution in [-0.4, -0.2) is 47.1 Å². The van der Waals surface area contributed by atoms with Gasteiger partial charge in [0.05, 0.1) is 30.2 Å². The van der Waals surface area contributed by atoms with Crippen LogP contribution >= 0.6 is 11.8 Å². The fourth-order valence-corrected chi connectivity index (χ4v) is 1.23. The van der Waals surface area contributed by atoms with Gasteiger partial charge in [0.2, 0.25) is 5.91 Å². The normalized spacial score (nSPS) is 11.8. The van der Waals surface area contributed by atoms with Crippen LogP contribution in [-0.2, 0) is 4.79 Å². The van der Waals surface area contributed by atoms with Crippen LogP contribution in [0.1, 0.15) is 6.92 Å². The number of likely N-dealkylation sites (N-methyl/N-ethyl adjacent to an activating group) is 1. The summed E-state index contributed by atoms with van der Waals surface area (Å²) in [5, 5.41) is 17.0. The van der Waals surface area contributed by atoms with E-state index in [-0.39, 0.29) is 18.6 Å². The summed E-state index contributed by atoms with van der Waals surface area (Å²) in [6.45, 7) is 1.73. The van der Waals surface area contributed by atoms with Crippen LogP contribution < -0.4 is 0 Å². The summed E-state index contributed by atoms with van der Waals surface area (Å²) >= 11 is 1.28. The van der Waals surface area contributed by atoms with Gasteiger partial charge in [-0.1, -0.05) is 0 Å². The van der Waals surface area contributed by atoms with Crippen molar-refractivity contribution in [1.29, 1.82) is 5.26 Å². The number of rotatable bonds is 5. The van der Waals surface area contributed by atoms with Crippen molar-refractivity contribution >= 4 is 17.7 Å². The maximum Gasteiger partial charge on any atom is 0.232 e. The zero-order valence-corrected chi connectivity index (χ0v) is 8.67. The molecule has 0 aliphatic carbocycles. The summed E-state index contributed by atoms with van der Waals surface area (Å²) in [5.74, 6) is 0.573. The Morgan fingerprint density at radius 2 is 2.38 bits per heavy atom. The second kappa shape index (κ2) is 6.75. The number of aliphatic hydroxyl groups excluding tert-OH is 1. The Hall–Kier alpha value is -0.730. The molecule has 13 heavy (non-hydrogen) atoms. The van der Waals surface area contributed by atoms with Crippen molar-refractivity contribution in [2.45, 2.75) is 13.0 Å². The SMILES string of the molecule is CC(CO)N(C)C(=O)CSCC#N. The molecule has 0 bridgehead atoms. The molecule has 1 amide bonds. The van der Waals surface area contributed by atoms with Crippen LogP contribution in [0.4, 0.5) is 0 Å². The number of hydrogen-bond donors (Lipinski definition) is 1. The van der Waals surface area contributed by atoms with E-state index < -0.39 is 0 Å². The lowest BCUT2D eigenvalue weighted by atomic mass is 10.3. The van der Waals surface area contributed by atoms with Gasteiger partial charge in [-0.2, -0.15) is 5.26 Å². The van der Waals surface area contributed by atoms with E-state index >= 15 is 0 Å². The Kier molecular flexibility index (Phi) is 6.37. The van der Waals surface area contributed by atoms with Crippen LogP contribution in [0.2, 0.25) is 0 Å². The maximum absolute atomic E-state index is 11.3. The number of thioether (sulfide) groups is 1. The lowest BCUT2D eigenvalue weighted by Gasteiger charge is -2.22. The lowest BCUT2D eigenvalue weighted by molar-refractivity contribution is -0.129. The molecule has 0 spiro atoms. The first-order valence-electron chi connectivity index (χ1n) is 3.94. The highest BCUT2D eigenvalue weighted by Gasteiger charge is 2.13. The molecule has 0 rings (SSSR count). The van der Waals surface area contributed by atoms with Crippen molar-refractivity contribution in [3.05, 3.63) is 0 Å². The number of amides is 1. The van der Waals surface area contributed by atoms with Crippen LogP contribution in [0.5, 0.6) is 0 Å². The molecule has 1 N–H and O–H groups in total. The third kappa shape index (κ3) is 4.76. The van der Waals surface area contributed by atoms with E-state index in [0.29, 0.717) is 11.5 Å². The number of carbonyl (C=O) groups is 1. The largest absolute Gasteiger partial charge is 0.394 e. The minimum absolute atomic E-state index is 0.0366. The first-order chi connectivity index (χ1) is 6.13. The Bertz CT molecular complexity index is 203. The number of carbonyl (C=O) groups excluding carboxylic acids is 1. The van der Waals surface area contributed by atoms with Gasteiger partial charge in [-0.3, -0.25) is 4.79 Å². The molecule has 0 aromatic heterocycles. The molecule has 0 saturated heterocycles. The van der Waals surface area contributed by atoms with E-state index in [2.05, 4.69) is 0 Å². The van der Waals surface area contributed by atoms with Crippen LogP contribution in [0.15, 0.2) is 0 Å². The number of nitrogens with zero attached hydrogens (tertiary/aromatic N) is 2. The standard InChI is InChI=1S/C8H14N2O2S/c1-7(5-11)10(2)8(12)6-13-4-3-9/h7,11H,4-6H2,1-2H3. The average Bonchev–Trinajstić information content (AvgIpc) is 2.15. The number of nitriles is 1. The van der Waals surface area contributed by atoms with Crippen LogP contribution in [0.3, 0.4) is 0 Å². The predicted octanol–water partition coefficient (Wildman–Crippen LogP) is 0.0824. The van der Waals surface area contributed by atoms with E-state index in [9.17, 15) is 4.79 Å². The highest BCUT2D eigenvalue weighted by atomic mass is 32.2. The second-order valence-corrected chi connectivity index (χ2v) is 3.67. The van der Waals surface area contributed by atoms with E-state index in [4.69, 9.17) is 10.4 Å². The van der Waals surface area contributed by atoms with Gasteiger partial charge in [0.1, 0.15) is 0 Å². The first-order valence-corrected chi connectivity index (χ1v) is 5.10. The molecule has 0 radical (unpaired) electrons. The highest BCUT2D eigenvalue weighted by Crippen LogP contribution is 2.03.